The summed E-state index contributed by atoms with van der Waals surface area (Å²) in [6, 6.07) is 4.38. The van der Waals surface area contributed by atoms with E-state index in [-0.39, 0.29) is 11.9 Å². The third kappa shape index (κ3) is 2.98. The fraction of sp³-hybridized carbons (Fsp3) is 0.562. The van der Waals surface area contributed by atoms with Gasteiger partial charge in [0.15, 0.2) is 0 Å². The Labute approximate surface area is 115 Å². The van der Waals surface area contributed by atoms with E-state index < -0.39 is 0 Å². The maximum absolute atomic E-state index is 12.5. The fourth-order valence-corrected chi connectivity index (χ4v) is 3.29. The molecule has 0 radical (unpaired) electrons. The number of hydrogen-bond donors (Lipinski definition) is 2. The molecule has 0 bridgehead atoms. The van der Waals surface area contributed by atoms with Crippen molar-refractivity contribution in [1.29, 1.82) is 0 Å². The predicted octanol–water partition coefficient (Wildman–Crippen LogP) is 2.47. The summed E-state index contributed by atoms with van der Waals surface area (Å²) in [5, 5.41) is 3.18. The molecule has 0 heterocycles. The van der Waals surface area contributed by atoms with Gasteiger partial charge in [-0.3, -0.25) is 4.79 Å². The highest BCUT2D eigenvalue weighted by molar-refractivity contribution is 5.97. The molecule has 1 saturated carbocycles. The maximum atomic E-state index is 12.5. The molecule has 1 fully saturated rings. The van der Waals surface area contributed by atoms with Gasteiger partial charge in [-0.1, -0.05) is 24.1 Å². The van der Waals surface area contributed by atoms with Crippen LogP contribution in [0, 0.1) is 26.7 Å². The monoisotopic (exact) mass is 260 g/mol. The van der Waals surface area contributed by atoms with Crippen molar-refractivity contribution in [2.24, 2.45) is 11.7 Å². The Balaban J connectivity index is 2.16. The Morgan fingerprint density at radius 2 is 1.89 bits per heavy atom. The Morgan fingerprint density at radius 1 is 1.26 bits per heavy atom. The first kappa shape index (κ1) is 14.1. The van der Waals surface area contributed by atoms with E-state index in [0.29, 0.717) is 12.5 Å². The molecule has 0 aromatic heterocycles. The van der Waals surface area contributed by atoms with E-state index in [1.165, 1.54) is 12.0 Å². The number of amides is 1. The van der Waals surface area contributed by atoms with E-state index in [0.717, 1.165) is 29.5 Å². The van der Waals surface area contributed by atoms with Gasteiger partial charge >= 0.3 is 0 Å². The minimum Gasteiger partial charge on any atom is -0.349 e. The van der Waals surface area contributed by atoms with Gasteiger partial charge < -0.3 is 11.1 Å². The van der Waals surface area contributed by atoms with Crippen molar-refractivity contribution in [1.82, 2.24) is 5.32 Å². The molecule has 1 amide bonds. The zero-order valence-corrected chi connectivity index (χ0v) is 12.1. The van der Waals surface area contributed by atoms with Gasteiger partial charge in [0.1, 0.15) is 0 Å². The number of benzene rings is 1. The van der Waals surface area contributed by atoms with Crippen molar-refractivity contribution in [2.45, 2.75) is 46.1 Å². The SMILES string of the molecule is Cc1cc(C)c(C(=O)NC2CCCC2CN)c(C)c1. The number of rotatable bonds is 3. The minimum atomic E-state index is 0.0559. The number of carbonyl (C=O) groups is 1. The lowest BCUT2D eigenvalue weighted by Crippen LogP contribution is -2.40. The highest BCUT2D eigenvalue weighted by Crippen LogP contribution is 2.25. The Morgan fingerprint density at radius 3 is 2.47 bits per heavy atom. The van der Waals surface area contributed by atoms with E-state index >= 15 is 0 Å². The van der Waals surface area contributed by atoms with Crippen LogP contribution in [0.25, 0.3) is 0 Å². The molecule has 2 atom stereocenters. The molecular weight excluding hydrogens is 236 g/mol. The first-order chi connectivity index (χ1) is 9.02. The second-order valence-electron chi connectivity index (χ2n) is 5.78. The number of nitrogens with two attached hydrogens (primary N) is 1. The van der Waals surface area contributed by atoms with Gasteiger partial charge in [0.2, 0.25) is 0 Å². The molecule has 3 nitrogen and oxygen atoms in total. The Bertz CT molecular complexity index is 459. The first-order valence-corrected chi connectivity index (χ1v) is 7.11. The molecule has 104 valence electrons. The van der Waals surface area contributed by atoms with Crippen LogP contribution in [-0.4, -0.2) is 18.5 Å². The molecule has 2 rings (SSSR count). The van der Waals surface area contributed by atoms with E-state index in [4.69, 9.17) is 5.73 Å². The summed E-state index contributed by atoms with van der Waals surface area (Å²) in [6.07, 6.45) is 3.35. The van der Waals surface area contributed by atoms with Crippen LogP contribution < -0.4 is 11.1 Å². The number of nitrogens with one attached hydrogen (secondary N) is 1. The highest BCUT2D eigenvalue weighted by atomic mass is 16.1. The van der Waals surface area contributed by atoms with Crippen molar-refractivity contribution in [3.63, 3.8) is 0 Å². The van der Waals surface area contributed by atoms with Crippen molar-refractivity contribution >= 4 is 5.91 Å². The van der Waals surface area contributed by atoms with Crippen molar-refractivity contribution in [2.75, 3.05) is 6.54 Å². The van der Waals surface area contributed by atoms with Crippen LogP contribution in [0.4, 0.5) is 0 Å². The van der Waals surface area contributed by atoms with Gasteiger partial charge in [-0.15, -0.1) is 0 Å². The summed E-state index contributed by atoms with van der Waals surface area (Å²) < 4.78 is 0. The molecule has 19 heavy (non-hydrogen) atoms. The third-order valence-electron chi connectivity index (χ3n) is 4.18. The fourth-order valence-electron chi connectivity index (χ4n) is 3.29. The molecule has 1 aromatic rings. The van der Waals surface area contributed by atoms with Crippen molar-refractivity contribution in [3.8, 4) is 0 Å². The van der Waals surface area contributed by atoms with E-state index in [2.05, 4.69) is 24.4 Å². The van der Waals surface area contributed by atoms with Crippen LogP contribution in [0.15, 0.2) is 12.1 Å². The molecule has 0 saturated heterocycles. The number of carbonyl (C=O) groups excluding carboxylic acids is 1. The summed E-state index contributed by atoms with van der Waals surface area (Å²) in [4.78, 5) is 12.5. The minimum absolute atomic E-state index is 0.0559. The molecule has 0 spiro atoms. The van der Waals surface area contributed by atoms with Gasteiger partial charge in [-0.2, -0.15) is 0 Å². The number of aryl methyl sites for hydroxylation is 3. The second kappa shape index (κ2) is 5.74. The molecule has 2 unspecified atom stereocenters. The van der Waals surface area contributed by atoms with Crippen LogP contribution in [0.5, 0.6) is 0 Å². The molecule has 3 heteroatoms. The Hall–Kier alpha value is -1.35. The van der Waals surface area contributed by atoms with Gasteiger partial charge in [0.25, 0.3) is 5.91 Å². The summed E-state index contributed by atoms with van der Waals surface area (Å²) in [5.74, 6) is 0.496. The van der Waals surface area contributed by atoms with Gasteiger partial charge in [0, 0.05) is 11.6 Å². The third-order valence-corrected chi connectivity index (χ3v) is 4.18. The summed E-state index contributed by atoms with van der Waals surface area (Å²) in [6.45, 7) is 6.73. The molecule has 1 aliphatic rings. The molecule has 0 aliphatic heterocycles. The standard InChI is InChI=1S/C16H24N2O/c1-10-7-11(2)15(12(3)8-10)16(19)18-14-6-4-5-13(14)9-17/h7-8,13-14H,4-6,9,17H2,1-3H3,(H,18,19). The summed E-state index contributed by atoms with van der Waals surface area (Å²) >= 11 is 0. The van der Waals surface area contributed by atoms with E-state index in [9.17, 15) is 4.79 Å². The predicted molar refractivity (Wildman–Crippen MR) is 78.3 cm³/mol. The number of hydrogen-bond acceptors (Lipinski definition) is 2. The normalized spacial score (nSPS) is 22.5. The van der Waals surface area contributed by atoms with Gasteiger partial charge in [-0.05, 0) is 57.2 Å². The van der Waals surface area contributed by atoms with Gasteiger partial charge in [-0.25, -0.2) is 0 Å². The first-order valence-electron chi connectivity index (χ1n) is 7.11. The van der Waals surface area contributed by atoms with E-state index in [1.54, 1.807) is 0 Å². The molecule has 1 aromatic carbocycles. The lowest BCUT2D eigenvalue weighted by atomic mass is 9.98. The lowest BCUT2D eigenvalue weighted by Gasteiger charge is -2.21. The maximum Gasteiger partial charge on any atom is 0.252 e. The largest absolute Gasteiger partial charge is 0.349 e. The molecule has 1 aliphatic carbocycles. The van der Waals surface area contributed by atoms with Crippen LogP contribution in [0.1, 0.15) is 46.3 Å². The summed E-state index contributed by atoms with van der Waals surface area (Å²) in [7, 11) is 0. The zero-order valence-electron chi connectivity index (χ0n) is 12.1. The van der Waals surface area contributed by atoms with Gasteiger partial charge in [0.05, 0.1) is 0 Å². The van der Waals surface area contributed by atoms with E-state index in [1.807, 2.05) is 13.8 Å². The topological polar surface area (TPSA) is 55.1 Å². The smallest absolute Gasteiger partial charge is 0.252 e. The average molecular weight is 260 g/mol. The van der Waals surface area contributed by atoms with Crippen LogP contribution in [0.2, 0.25) is 0 Å². The summed E-state index contributed by atoms with van der Waals surface area (Å²) in [5.41, 5.74) is 9.90. The molecular formula is C16H24N2O. The quantitative estimate of drug-likeness (QED) is 0.877. The second-order valence-corrected chi connectivity index (χ2v) is 5.78. The Kier molecular flexibility index (Phi) is 4.25. The average Bonchev–Trinajstić information content (AvgIpc) is 2.74. The highest BCUT2D eigenvalue weighted by Gasteiger charge is 2.28. The van der Waals surface area contributed by atoms with Crippen LogP contribution in [-0.2, 0) is 0 Å². The lowest BCUT2D eigenvalue weighted by molar-refractivity contribution is 0.0927. The van der Waals surface area contributed by atoms with Crippen LogP contribution >= 0.6 is 0 Å². The van der Waals surface area contributed by atoms with Crippen LogP contribution in [0.3, 0.4) is 0 Å². The zero-order chi connectivity index (χ0) is 14.0. The van der Waals surface area contributed by atoms with Crippen molar-refractivity contribution < 1.29 is 4.79 Å². The van der Waals surface area contributed by atoms with Crippen molar-refractivity contribution in [3.05, 3.63) is 34.4 Å². The molecule has 3 N–H and O–H groups in total.